The van der Waals surface area contributed by atoms with Gasteiger partial charge < -0.3 is 4.42 Å². The van der Waals surface area contributed by atoms with Gasteiger partial charge in [-0.25, -0.2) is 18.1 Å². The molecule has 0 atom stereocenters. The molecule has 2 aromatic carbocycles. The molecule has 1 N–H and O–H groups in total. The minimum Gasteiger partial charge on any atom is -0.436 e. The number of unbranched alkanes of at least 4 members (excludes halogenated alkanes) is 5. The molecule has 0 fully saturated rings. The van der Waals surface area contributed by atoms with Crippen molar-refractivity contribution in [3.05, 3.63) is 60.8 Å². The Labute approximate surface area is 173 Å². The smallest absolute Gasteiger partial charge is 0.240 e. The van der Waals surface area contributed by atoms with E-state index in [9.17, 15) is 8.42 Å². The van der Waals surface area contributed by atoms with Crippen molar-refractivity contribution in [2.24, 2.45) is 0 Å². The first kappa shape index (κ1) is 21.3. The second-order valence-corrected chi connectivity index (χ2v) is 8.85. The highest BCUT2D eigenvalue weighted by Gasteiger charge is 2.14. The second kappa shape index (κ2) is 10.4. The number of rotatable bonds is 11. The molecule has 0 bridgehead atoms. The monoisotopic (exact) mass is 412 g/mol. The topological polar surface area (TPSA) is 72.2 Å². The standard InChI is InChI=1S/C23H28N2O3S/c1-2-3-4-5-6-10-17-25-29(26,27)21-15-13-20(14-16-21)23-24-18-22(28-23)19-11-8-7-9-12-19/h7-9,11-16,18,25H,2-6,10,17H2,1H3. The van der Waals surface area contributed by atoms with E-state index < -0.39 is 10.0 Å². The van der Waals surface area contributed by atoms with Gasteiger partial charge in [0.05, 0.1) is 11.1 Å². The van der Waals surface area contributed by atoms with Crippen molar-refractivity contribution in [1.82, 2.24) is 9.71 Å². The lowest BCUT2D eigenvalue weighted by Crippen LogP contribution is -2.24. The van der Waals surface area contributed by atoms with E-state index in [4.69, 9.17) is 4.42 Å². The van der Waals surface area contributed by atoms with Gasteiger partial charge in [0.25, 0.3) is 0 Å². The summed E-state index contributed by atoms with van der Waals surface area (Å²) in [4.78, 5) is 4.57. The lowest BCUT2D eigenvalue weighted by molar-refractivity contribution is 0.567. The molecular weight excluding hydrogens is 384 g/mol. The first-order valence-corrected chi connectivity index (χ1v) is 11.7. The quantitative estimate of drug-likeness (QED) is 0.413. The fourth-order valence-electron chi connectivity index (χ4n) is 3.12. The van der Waals surface area contributed by atoms with Crippen LogP contribution in [0.4, 0.5) is 0 Å². The molecule has 0 saturated carbocycles. The average molecular weight is 413 g/mol. The van der Waals surface area contributed by atoms with Crippen molar-refractivity contribution in [3.63, 3.8) is 0 Å². The summed E-state index contributed by atoms with van der Waals surface area (Å²) in [5.74, 6) is 1.14. The zero-order valence-electron chi connectivity index (χ0n) is 16.8. The Morgan fingerprint density at radius 3 is 2.28 bits per heavy atom. The molecule has 0 spiro atoms. The van der Waals surface area contributed by atoms with Crippen molar-refractivity contribution < 1.29 is 12.8 Å². The Balaban J connectivity index is 1.57. The average Bonchev–Trinajstić information content (AvgIpc) is 3.24. The summed E-state index contributed by atoms with van der Waals surface area (Å²) in [5.41, 5.74) is 1.69. The third-order valence-corrected chi connectivity index (χ3v) is 6.27. The molecule has 0 saturated heterocycles. The highest BCUT2D eigenvalue weighted by atomic mass is 32.2. The van der Waals surface area contributed by atoms with Crippen LogP contribution in [0.15, 0.2) is 70.1 Å². The van der Waals surface area contributed by atoms with Gasteiger partial charge in [-0.05, 0) is 30.7 Å². The number of nitrogens with zero attached hydrogens (tertiary/aromatic N) is 1. The Hall–Kier alpha value is -2.44. The van der Waals surface area contributed by atoms with Crippen LogP contribution in [-0.2, 0) is 10.0 Å². The fourth-order valence-corrected chi connectivity index (χ4v) is 4.19. The van der Waals surface area contributed by atoms with E-state index in [0.29, 0.717) is 18.2 Å². The second-order valence-electron chi connectivity index (χ2n) is 7.09. The number of oxazole rings is 1. The first-order valence-electron chi connectivity index (χ1n) is 10.2. The molecule has 154 valence electrons. The molecule has 29 heavy (non-hydrogen) atoms. The van der Waals surface area contributed by atoms with Crippen LogP contribution in [0.3, 0.4) is 0 Å². The maximum atomic E-state index is 12.5. The largest absolute Gasteiger partial charge is 0.436 e. The number of nitrogens with one attached hydrogen (secondary N) is 1. The Morgan fingerprint density at radius 2 is 1.55 bits per heavy atom. The van der Waals surface area contributed by atoms with E-state index in [-0.39, 0.29) is 4.90 Å². The predicted octanol–water partition coefficient (Wildman–Crippen LogP) is 5.65. The molecule has 0 amide bonds. The summed E-state index contributed by atoms with van der Waals surface area (Å²) in [5, 5.41) is 0. The van der Waals surface area contributed by atoms with Crippen molar-refractivity contribution in [2.75, 3.05) is 6.54 Å². The normalized spacial score (nSPS) is 11.6. The lowest BCUT2D eigenvalue weighted by atomic mass is 10.1. The van der Waals surface area contributed by atoms with Crippen LogP contribution in [-0.4, -0.2) is 19.9 Å². The van der Waals surface area contributed by atoms with Gasteiger partial charge in [-0.2, -0.15) is 0 Å². The summed E-state index contributed by atoms with van der Waals surface area (Å²) in [7, 11) is -3.50. The molecule has 0 aliphatic carbocycles. The number of hydrogen-bond acceptors (Lipinski definition) is 4. The first-order chi connectivity index (χ1) is 14.1. The molecule has 1 aromatic heterocycles. The highest BCUT2D eigenvalue weighted by molar-refractivity contribution is 7.89. The molecule has 6 heteroatoms. The van der Waals surface area contributed by atoms with Gasteiger partial charge in [0, 0.05) is 17.7 Å². The van der Waals surface area contributed by atoms with E-state index in [0.717, 1.165) is 30.4 Å². The van der Waals surface area contributed by atoms with Crippen molar-refractivity contribution >= 4 is 10.0 Å². The van der Waals surface area contributed by atoms with Gasteiger partial charge in [0.1, 0.15) is 0 Å². The van der Waals surface area contributed by atoms with Gasteiger partial charge in [0.2, 0.25) is 15.9 Å². The van der Waals surface area contributed by atoms with Crippen molar-refractivity contribution in [3.8, 4) is 22.8 Å². The van der Waals surface area contributed by atoms with Crippen LogP contribution in [0.25, 0.3) is 22.8 Å². The Bertz CT molecular complexity index is 980. The predicted molar refractivity (Wildman–Crippen MR) is 116 cm³/mol. The van der Waals surface area contributed by atoms with Crippen LogP contribution in [0.2, 0.25) is 0 Å². The molecule has 1 heterocycles. The summed E-state index contributed by atoms with van der Waals surface area (Å²) in [6.07, 6.45) is 8.43. The number of hydrogen-bond donors (Lipinski definition) is 1. The molecule has 0 unspecified atom stereocenters. The summed E-state index contributed by atoms with van der Waals surface area (Å²) in [6.45, 7) is 2.65. The van der Waals surface area contributed by atoms with Gasteiger partial charge in [-0.3, -0.25) is 0 Å². The minimum atomic E-state index is -3.50. The molecule has 3 aromatic rings. The van der Waals surface area contributed by atoms with E-state index in [1.54, 1.807) is 30.5 Å². The van der Waals surface area contributed by atoms with Crippen LogP contribution in [0, 0.1) is 0 Å². The Morgan fingerprint density at radius 1 is 0.862 bits per heavy atom. The number of aromatic nitrogens is 1. The summed E-state index contributed by atoms with van der Waals surface area (Å²) < 4.78 is 33.4. The van der Waals surface area contributed by atoms with Gasteiger partial charge >= 0.3 is 0 Å². The minimum absolute atomic E-state index is 0.252. The van der Waals surface area contributed by atoms with Gasteiger partial charge in [-0.1, -0.05) is 69.4 Å². The third-order valence-electron chi connectivity index (χ3n) is 4.80. The van der Waals surface area contributed by atoms with Gasteiger partial charge in [-0.15, -0.1) is 0 Å². The zero-order chi connectivity index (χ0) is 20.5. The van der Waals surface area contributed by atoms with E-state index in [2.05, 4.69) is 16.6 Å². The van der Waals surface area contributed by atoms with Crippen LogP contribution < -0.4 is 4.72 Å². The summed E-state index contributed by atoms with van der Waals surface area (Å²) >= 11 is 0. The maximum absolute atomic E-state index is 12.5. The zero-order valence-corrected chi connectivity index (χ0v) is 17.6. The highest BCUT2D eigenvalue weighted by Crippen LogP contribution is 2.26. The van der Waals surface area contributed by atoms with Crippen LogP contribution in [0.5, 0.6) is 0 Å². The fraction of sp³-hybridized carbons (Fsp3) is 0.348. The van der Waals surface area contributed by atoms with Crippen molar-refractivity contribution in [1.29, 1.82) is 0 Å². The van der Waals surface area contributed by atoms with Crippen LogP contribution in [0.1, 0.15) is 45.4 Å². The van der Waals surface area contributed by atoms with Crippen molar-refractivity contribution in [2.45, 2.75) is 50.3 Å². The molecule has 0 aliphatic rings. The third kappa shape index (κ3) is 6.02. The van der Waals surface area contributed by atoms with Crippen LogP contribution >= 0.6 is 0 Å². The number of benzene rings is 2. The van der Waals surface area contributed by atoms with E-state index in [1.807, 2.05) is 30.3 Å². The summed E-state index contributed by atoms with van der Waals surface area (Å²) in [6, 6.07) is 16.4. The van der Waals surface area contributed by atoms with Gasteiger partial charge in [0.15, 0.2) is 5.76 Å². The van der Waals surface area contributed by atoms with E-state index in [1.165, 1.54) is 19.3 Å². The molecule has 3 rings (SSSR count). The molecule has 0 radical (unpaired) electrons. The maximum Gasteiger partial charge on any atom is 0.240 e. The Kier molecular flexibility index (Phi) is 7.61. The number of sulfonamides is 1. The van der Waals surface area contributed by atoms with E-state index >= 15 is 0 Å². The molecular formula is C23H28N2O3S. The molecule has 0 aliphatic heterocycles. The lowest BCUT2D eigenvalue weighted by Gasteiger charge is -2.07. The molecule has 5 nitrogen and oxygen atoms in total. The SMILES string of the molecule is CCCCCCCCNS(=O)(=O)c1ccc(-c2ncc(-c3ccccc3)o2)cc1.